The number of ether oxygens (including phenoxy) is 1. The number of benzene rings is 2. The van der Waals surface area contributed by atoms with Crippen LogP contribution in [0.5, 0.6) is 5.75 Å². The Balaban J connectivity index is 1.85. The van der Waals surface area contributed by atoms with Gasteiger partial charge in [-0.25, -0.2) is 0 Å². The van der Waals surface area contributed by atoms with Gasteiger partial charge in [-0.2, -0.15) is 0 Å². The molecule has 0 fully saturated rings. The summed E-state index contributed by atoms with van der Waals surface area (Å²) in [6.07, 6.45) is 0.213. The zero-order chi connectivity index (χ0) is 21.6. The zero-order valence-electron chi connectivity index (χ0n) is 18.3. The maximum absolute atomic E-state index is 12.3. The quantitative estimate of drug-likeness (QED) is 0.733. The van der Waals surface area contributed by atoms with Crippen molar-refractivity contribution in [3.05, 3.63) is 64.7 Å². The van der Waals surface area contributed by atoms with Crippen LogP contribution in [-0.4, -0.2) is 25.5 Å². The molecule has 5 heteroatoms. The van der Waals surface area contributed by atoms with E-state index in [0.29, 0.717) is 5.56 Å². The van der Waals surface area contributed by atoms with Crippen LogP contribution >= 0.6 is 0 Å². The Hall–Kier alpha value is -2.82. The fourth-order valence-corrected chi connectivity index (χ4v) is 3.10. The minimum Gasteiger partial charge on any atom is -0.496 e. The lowest BCUT2D eigenvalue weighted by atomic mass is 9.87. The zero-order valence-corrected chi connectivity index (χ0v) is 18.3. The fraction of sp³-hybridized carbons (Fsp3) is 0.417. The number of methoxy groups -OCH3 is 1. The third kappa shape index (κ3) is 6.34. The van der Waals surface area contributed by atoms with Crippen LogP contribution in [0, 0.1) is 6.92 Å². The van der Waals surface area contributed by atoms with Crippen molar-refractivity contribution >= 4 is 11.8 Å². The van der Waals surface area contributed by atoms with Crippen molar-refractivity contribution in [2.75, 3.05) is 13.7 Å². The molecule has 0 bridgehead atoms. The summed E-state index contributed by atoms with van der Waals surface area (Å²) < 4.78 is 5.39. The molecule has 0 aliphatic rings. The number of nitrogens with one attached hydrogen (secondary N) is 2. The summed E-state index contributed by atoms with van der Waals surface area (Å²) >= 11 is 0. The van der Waals surface area contributed by atoms with Gasteiger partial charge in [-0.3, -0.25) is 9.59 Å². The van der Waals surface area contributed by atoms with Crippen molar-refractivity contribution in [2.45, 2.75) is 52.5 Å². The van der Waals surface area contributed by atoms with E-state index in [4.69, 9.17) is 4.74 Å². The molecule has 0 aliphatic carbocycles. The smallest absolute Gasteiger partial charge is 0.251 e. The van der Waals surface area contributed by atoms with Gasteiger partial charge in [-0.1, -0.05) is 50.6 Å². The molecule has 1 unspecified atom stereocenters. The summed E-state index contributed by atoms with van der Waals surface area (Å²) in [5, 5.41) is 5.77. The van der Waals surface area contributed by atoms with Gasteiger partial charge in [0.15, 0.2) is 0 Å². The van der Waals surface area contributed by atoms with Gasteiger partial charge in [0.05, 0.1) is 13.2 Å². The van der Waals surface area contributed by atoms with Gasteiger partial charge in [0.2, 0.25) is 5.91 Å². The SMILES string of the molecule is COc1ccc(C)cc1C(C)NC(=O)CCNC(=O)c1ccc(C(C)(C)C)cc1. The van der Waals surface area contributed by atoms with Crippen molar-refractivity contribution in [1.29, 1.82) is 0 Å². The predicted octanol–water partition coefficient (Wildman–Crippen LogP) is 4.30. The van der Waals surface area contributed by atoms with Crippen LogP contribution in [0.25, 0.3) is 0 Å². The molecular weight excluding hydrogens is 364 g/mol. The number of aryl methyl sites for hydroxylation is 1. The largest absolute Gasteiger partial charge is 0.496 e. The van der Waals surface area contributed by atoms with Gasteiger partial charge >= 0.3 is 0 Å². The van der Waals surface area contributed by atoms with E-state index in [1.807, 2.05) is 56.3 Å². The number of carbonyl (C=O) groups excluding carboxylic acids is 2. The third-order valence-electron chi connectivity index (χ3n) is 4.88. The first-order valence-electron chi connectivity index (χ1n) is 9.94. The molecule has 29 heavy (non-hydrogen) atoms. The van der Waals surface area contributed by atoms with Gasteiger partial charge in [-0.15, -0.1) is 0 Å². The molecule has 0 saturated heterocycles. The molecule has 2 amide bonds. The Morgan fingerprint density at radius 2 is 1.72 bits per heavy atom. The highest BCUT2D eigenvalue weighted by atomic mass is 16.5. The highest BCUT2D eigenvalue weighted by molar-refractivity contribution is 5.94. The summed E-state index contributed by atoms with van der Waals surface area (Å²) in [7, 11) is 1.62. The molecule has 0 aromatic heterocycles. The molecule has 2 N–H and O–H groups in total. The maximum atomic E-state index is 12.3. The Bertz CT molecular complexity index is 851. The molecule has 0 aliphatic heterocycles. The van der Waals surface area contributed by atoms with E-state index in [2.05, 4.69) is 31.4 Å². The van der Waals surface area contributed by atoms with Crippen LogP contribution in [0.3, 0.4) is 0 Å². The lowest BCUT2D eigenvalue weighted by Crippen LogP contribution is -2.32. The normalized spacial score (nSPS) is 12.2. The topological polar surface area (TPSA) is 67.4 Å². The van der Waals surface area contributed by atoms with Crippen molar-refractivity contribution in [1.82, 2.24) is 10.6 Å². The third-order valence-corrected chi connectivity index (χ3v) is 4.88. The minimum atomic E-state index is -0.182. The van der Waals surface area contributed by atoms with E-state index < -0.39 is 0 Å². The van der Waals surface area contributed by atoms with Crippen LogP contribution in [0.1, 0.15) is 67.2 Å². The van der Waals surface area contributed by atoms with Crippen molar-refractivity contribution in [2.24, 2.45) is 0 Å². The summed E-state index contributed by atoms with van der Waals surface area (Å²) in [6.45, 7) is 10.6. The van der Waals surface area contributed by atoms with Crippen LogP contribution in [0.15, 0.2) is 42.5 Å². The van der Waals surface area contributed by atoms with E-state index in [0.717, 1.165) is 16.9 Å². The van der Waals surface area contributed by atoms with E-state index in [9.17, 15) is 9.59 Å². The second-order valence-corrected chi connectivity index (χ2v) is 8.37. The molecule has 2 rings (SSSR count). The van der Waals surface area contributed by atoms with Crippen molar-refractivity contribution in [3.8, 4) is 5.75 Å². The monoisotopic (exact) mass is 396 g/mol. The van der Waals surface area contributed by atoms with Gasteiger partial charge in [0.1, 0.15) is 5.75 Å². The lowest BCUT2D eigenvalue weighted by molar-refractivity contribution is -0.121. The lowest BCUT2D eigenvalue weighted by Gasteiger charge is -2.19. The molecule has 0 saturated carbocycles. The Kier molecular flexibility index (Phi) is 7.43. The van der Waals surface area contributed by atoms with Crippen LogP contribution in [0.2, 0.25) is 0 Å². The van der Waals surface area contributed by atoms with Gasteiger partial charge in [-0.05, 0) is 43.0 Å². The van der Waals surface area contributed by atoms with E-state index >= 15 is 0 Å². The standard InChI is InChI=1S/C24H32N2O3/c1-16-7-12-21(29-6)20(15-16)17(2)26-22(27)13-14-25-23(28)18-8-10-19(11-9-18)24(3,4)5/h7-12,15,17H,13-14H2,1-6H3,(H,25,28)(H,26,27). The average Bonchev–Trinajstić information content (AvgIpc) is 2.67. The molecule has 5 nitrogen and oxygen atoms in total. The number of rotatable bonds is 7. The number of carbonyl (C=O) groups is 2. The summed E-state index contributed by atoms with van der Waals surface area (Å²) in [5.41, 5.74) is 3.85. The number of amides is 2. The summed E-state index contributed by atoms with van der Waals surface area (Å²) in [6, 6.07) is 13.3. The van der Waals surface area contributed by atoms with Gasteiger partial charge in [0, 0.05) is 24.1 Å². The molecule has 2 aromatic rings. The predicted molar refractivity (Wildman–Crippen MR) is 116 cm³/mol. The fourth-order valence-electron chi connectivity index (χ4n) is 3.10. The minimum absolute atomic E-state index is 0.0454. The van der Waals surface area contributed by atoms with Crippen LogP contribution < -0.4 is 15.4 Å². The maximum Gasteiger partial charge on any atom is 0.251 e. The summed E-state index contributed by atoms with van der Waals surface area (Å²) in [5.74, 6) is 0.450. The van der Waals surface area contributed by atoms with Crippen molar-refractivity contribution < 1.29 is 14.3 Å². The van der Waals surface area contributed by atoms with E-state index in [1.54, 1.807) is 7.11 Å². The number of hydrogen-bond donors (Lipinski definition) is 2. The molecule has 1 atom stereocenters. The van der Waals surface area contributed by atoms with E-state index in [-0.39, 0.29) is 36.2 Å². The number of hydrogen-bond acceptors (Lipinski definition) is 3. The molecule has 0 spiro atoms. The van der Waals surface area contributed by atoms with E-state index in [1.165, 1.54) is 5.56 Å². The Morgan fingerprint density at radius 1 is 1.07 bits per heavy atom. The second-order valence-electron chi connectivity index (χ2n) is 8.37. The highest BCUT2D eigenvalue weighted by Crippen LogP contribution is 2.26. The Morgan fingerprint density at radius 3 is 2.31 bits per heavy atom. The second kappa shape index (κ2) is 9.59. The first-order chi connectivity index (χ1) is 13.6. The first kappa shape index (κ1) is 22.5. The van der Waals surface area contributed by atoms with Crippen LogP contribution in [0.4, 0.5) is 0 Å². The molecule has 2 aromatic carbocycles. The van der Waals surface area contributed by atoms with Crippen molar-refractivity contribution in [3.63, 3.8) is 0 Å². The first-order valence-corrected chi connectivity index (χ1v) is 9.94. The molecule has 156 valence electrons. The average molecular weight is 397 g/mol. The summed E-state index contributed by atoms with van der Waals surface area (Å²) in [4.78, 5) is 24.6. The molecular formula is C24H32N2O3. The van der Waals surface area contributed by atoms with Gasteiger partial charge < -0.3 is 15.4 Å². The highest BCUT2D eigenvalue weighted by Gasteiger charge is 2.16. The van der Waals surface area contributed by atoms with Crippen LogP contribution in [-0.2, 0) is 10.2 Å². The van der Waals surface area contributed by atoms with Gasteiger partial charge in [0.25, 0.3) is 5.91 Å². The molecule has 0 heterocycles. The molecule has 0 radical (unpaired) electrons. The Labute approximate surface area is 173 Å².